The average molecular weight is 436 g/mol. The first-order valence-corrected chi connectivity index (χ1v) is 10.3. The van der Waals surface area contributed by atoms with Crippen molar-refractivity contribution in [3.05, 3.63) is 50.7 Å². The van der Waals surface area contributed by atoms with Gasteiger partial charge in [-0.3, -0.25) is 9.20 Å². The molecule has 0 amide bonds. The van der Waals surface area contributed by atoms with E-state index in [2.05, 4.69) is 5.32 Å². The van der Waals surface area contributed by atoms with Gasteiger partial charge in [0.1, 0.15) is 11.4 Å². The molecule has 2 aliphatic carbocycles. The molecule has 3 aliphatic rings. The number of nitrogens with zero attached hydrogens (tertiary/aromatic N) is 1. The topological polar surface area (TPSA) is 96.8 Å². The van der Waals surface area contributed by atoms with Gasteiger partial charge in [-0.1, -0.05) is 0 Å². The molecule has 2 aromatic heterocycles. The van der Waals surface area contributed by atoms with Crippen molar-refractivity contribution in [3.8, 4) is 0 Å². The SMILES string of the molecule is Cc1c(C23CCC(C)(N)C2CNC3)c(F)cn2c(=O)c(C(=O)O)cc(C3CC3)c12.Cl. The van der Waals surface area contributed by atoms with Gasteiger partial charge in [-0.25, -0.2) is 9.18 Å². The molecule has 5 rings (SSSR count). The molecule has 1 saturated heterocycles. The summed E-state index contributed by atoms with van der Waals surface area (Å²) in [5, 5.41) is 12.9. The summed E-state index contributed by atoms with van der Waals surface area (Å²) in [5.41, 5.74) is 7.72. The van der Waals surface area contributed by atoms with Crippen molar-refractivity contribution in [1.82, 2.24) is 9.72 Å². The Morgan fingerprint density at radius 1 is 1.37 bits per heavy atom. The van der Waals surface area contributed by atoms with Crippen LogP contribution < -0.4 is 16.6 Å². The lowest BCUT2D eigenvalue weighted by Crippen LogP contribution is -2.46. The van der Waals surface area contributed by atoms with Crippen LogP contribution in [0.15, 0.2) is 17.1 Å². The van der Waals surface area contributed by atoms with Crippen LogP contribution in [0.3, 0.4) is 0 Å². The molecule has 1 aliphatic heterocycles. The van der Waals surface area contributed by atoms with Gasteiger partial charge in [-0.2, -0.15) is 0 Å². The second-order valence-electron chi connectivity index (χ2n) is 9.44. The molecule has 4 N–H and O–H groups in total. The molecule has 3 atom stereocenters. The van der Waals surface area contributed by atoms with Gasteiger partial charge in [0, 0.05) is 41.7 Å². The number of aromatic carboxylic acids is 1. The van der Waals surface area contributed by atoms with E-state index in [4.69, 9.17) is 5.73 Å². The number of fused-ring (bicyclic) bond motifs is 2. The maximum absolute atomic E-state index is 15.6. The lowest BCUT2D eigenvalue weighted by molar-refractivity contribution is 0.0694. The third-order valence-corrected chi connectivity index (χ3v) is 7.58. The molecule has 2 saturated carbocycles. The highest BCUT2D eigenvalue weighted by molar-refractivity contribution is 5.88. The number of nitrogens with one attached hydrogen (secondary N) is 1. The van der Waals surface area contributed by atoms with Crippen molar-refractivity contribution < 1.29 is 14.3 Å². The molecule has 3 fully saturated rings. The Hall–Kier alpha value is -1.96. The highest BCUT2D eigenvalue weighted by Crippen LogP contribution is 2.54. The minimum Gasteiger partial charge on any atom is -0.477 e. The molecular weight excluding hydrogens is 409 g/mol. The van der Waals surface area contributed by atoms with Gasteiger partial charge in [-0.05, 0) is 62.6 Å². The Labute approximate surface area is 180 Å². The van der Waals surface area contributed by atoms with E-state index in [1.54, 1.807) is 0 Å². The van der Waals surface area contributed by atoms with Crippen LogP contribution in [0.25, 0.3) is 5.52 Å². The van der Waals surface area contributed by atoms with Crippen LogP contribution in [-0.4, -0.2) is 34.1 Å². The molecule has 30 heavy (non-hydrogen) atoms. The number of hydrogen-bond donors (Lipinski definition) is 3. The van der Waals surface area contributed by atoms with Crippen LogP contribution in [0.2, 0.25) is 0 Å². The zero-order valence-corrected chi connectivity index (χ0v) is 17.9. The molecule has 2 aromatic rings. The van der Waals surface area contributed by atoms with Crippen LogP contribution in [0, 0.1) is 18.7 Å². The van der Waals surface area contributed by atoms with Crippen LogP contribution in [-0.2, 0) is 5.41 Å². The number of pyridine rings is 2. The standard InChI is InChI=1S/C22H26FN3O3.ClH/c1-11-17(22-6-5-21(2,24)16(22)8-25-10-22)15(23)9-26-18(11)13(12-3-4-12)7-14(19(26)27)20(28)29;/h7,9,12,16,25H,3-6,8,10,24H2,1-2H3,(H,28,29);1H. The fourth-order valence-electron chi connectivity index (χ4n) is 6.06. The highest BCUT2D eigenvalue weighted by atomic mass is 35.5. The number of carbonyl (C=O) groups is 1. The fraction of sp³-hybridized carbons (Fsp3) is 0.545. The van der Waals surface area contributed by atoms with Crippen molar-refractivity contribution in [2.24, 2.45) is 11.7 Å². The van der Waals surface area contributed by atoms with Crippen LogP contribution in [0.1, 0.15) is 65.6 Å². The predicted octanol–water partition coefficient (Wildman–Crippen LogP) is 2.71. The van der Waals surface area contributed by atoms with E-state index in [0.717, 1.165) is 43.4 Å². The summed E-state index contributed by atoms with van der Waals surface area (Å²) < 4.78 is 16.8. The first-order valence-electron chi connectivity index (χ1n) is 10.3. The smallest absolute Gasteiger partial charge is 0.341 e. The van der Waals surface area contributed by atoms with E-state index in [9.17, 15) is 14.7 Å². The Morgan fingerprint density at radius 2 is 2.07 bits per heavy atom. The number of hydrogen-bond acceptors (Lipinski definition) is 4. The minimum atomic E-state index is -1.28. The quantitative estimate of drug-likeness (QED) is 0.688. The molecule has 8 heteroatoms. The zero-order chi connectivity index (χ0) is 20.7. The summed E-state index contributed by atoms with van der Waals surface area (Å²) >= 11 is 0. The maximum Gasteiger partial charge on any atom is 0.341 e. The Bertz CT molecular complexity index is 1130. The lowest BCUT2D eigenvalue weighted by Gasteiger charge is -2.35. The monoisotopic (exact) mass is 435 g/mol. The summed E-state index contributed by atoms with van der Waals surface area (Å²) in [6.07, 6.45) is 4.73. The second kappa shape index (κ2) is 6.77. The van der Waals surface area contributed by atoms with Gasteiger partial charge in [0.2, 0.25) is 0 Å². The van der Waals surface area contributed by atoms with E-state index in [-0.39, 0.29) is 35.3 Å². The Balaban J connectivity index is 0.00000218. The minimum absolute atomic E-state index is 0. The number of nitrogens with two attached hydrogens (primary N) is 1. The number of aryl methyl sites for hydroxylation is 1. The maximum atomic E-state index is 15.6. The van der Waals surface area contributed by atoms with Crippen LogP contribution in [0.4, 0.5) is 4.39 Å². The molecule has 3 unspecified atom stereocenters. The molecule has 0 spiro atoms. The predicted molar refractivity (Wildman–Crippen MR) is 114 cm³/mol. The first-order chi connectivity index (χ1) is 13.7. The average Bonchev–Trinajstić information content (AvgIpc) is 3.34. The summed E-state index contributed by atoms with van der Waals surface area (Å²) in [7, 11) is 0. The van der Waals surface area contributed by atoms with Crippen LogP contribution in [0.5, 0.6) is 0 Å². The van der Waals surface area contributed by atoms with Crippen molar-refractivity contribution in [3.63, 3.8) is 0 Å². The van der Waals surface area contributed by atoms with Crippen molar-refractivity contribution in [1.29, 1.82) is 0 Å². The molecule has 6 nitrogen and oxygen atoms in total. The lowest BCUT2D eigenvalue weighted by atomic mass is 9.70. The Morgan fingerprint density at radius 3 is 2.70 bits per heavy atom. The van der Waals surface area contributed by atoms with Gasteiger partial charge < -0.3 is 16.2 Å². The van der Waals surface area contributed by atoms with Gasteiger partial charge in [-0.15, -0.1) is 12.4 Å². The summed E-state index contributed by atoms with van der Waals surface area (Å²) in [6, 6.07) is 1.51. The van der Waals surface area contributed by atoms with Gasteiger partial charge in [0.15, 0.2) is 0 Å². The third-order valence-electron chi connectivity index (χ3n) is 7.58. The number of rotatable bonds is 3. The molecule has 3 heterocycles. The second-order valence-corrected chi connectivity index (χ2v) is 9.44. The van der Waals surface area contributed by atoms with E-state index in [1.165, 1.54) is 16.7 Å². The van der Waals surface area contributed by atoms with E-state index in [1.807, 2.05) is 13.8 Å². The third kappa shape index (κ3) is 2.75. The van der Waals surface area contributed by atoms with Gasteiger partial charge >= 0.3 is 5.97 Å². The fourth-order valence-corrected chi connectivity index (χ4v) is 6.06. The van der Waals surface area contributed by atoms with E-state index in [0.29, 0.717) is 17.6 Å². The number of aromatic nitrogens is 1. The van der Waals surface area contributed by atoms with Crippen molar-refractivity contribution in [2.45, 2.75) is 56.4 Å². The summed E-state index contributed by atoms with van der Waals surface area (Å²) in [4.78, 5) is 24.4. The van der Waals surface area contributed by atoms with Gasteiger partial charge in [0.25, 0.3) is 5.56 Å². The van der Waals surface area contributed by atoms with E-state index >= 15 is 4.39 Å². The molecule has 0 aromatic carbocycles. The first kappa shape index (κ1) is 21.3. The zero-order valence-electron chi connectivity index (χ0n) is 17.1. The molecule has 0 radical (unpaired) electrons. The Kier molecular flexibility index (Phi) is 4.80. The molecular formula is C22H27ClFN3O3. The number of carboxylic acids is 1. The van der Waals surface area contributed by atoms with Crippen LogP contribution >= 0.6 is 12.4 Å². The summed E-state index contributed by atoms with van der Waals surface area (Å²) in [6.45, 7) is 5.32. The van der Waals surface area contributed by atoms with Crippen molar-refractivity contribution >= 4 is 23.9 Å². The number of halogens is 2. The van der Waals surface area contributed by atoms with Gasteiger partial charge in [0.05, 0.1) is 5.52 Å². The molecule has 162 valence electrons. The number of carboxylic acid groups (broad SMARTS) is 1. The normalized spacial score (nSPS) is 30.3. The van der Waals surface area contributed by atoms with E-state index < -0.39 is 22.8 Å². The highest BCUT2D eigenvalue weighted by Gasteiger charge is 2.57. The molecule has 0 bridgehead atoms. The largest absolute Gasteiger partial charge is 0.477 e. The van der Waals surface area contributed by atoms with Crippen molar-refractivity contribution in [2.75, 3.05) is 13.1 Å². The summed E-state index contributed by atoms with van der Waals surface area (Å²) in [5.74, 6) is -1.39.